The molecule has 18 heavy (non-hydrogen) atoms. The summed E-state index contributed by atoms with van der Waals surface area (Å²) < 4.78 is 46.0. The first-order valence-corrected chi connectivity index (χ1v) is 9.68. The van der Waals surface area contributed by atoms with Crippen molar-refractivity contribution in [1.82, 2.24) is 4.90 Å². The molecule has 2 atom stereocenters. The van der Waals surface area contributed by atoms with Gasteiger partial charge < -0.3 is 9.33 Å². The Morgan fingerprint density at radius 1 is 1.17 bits per heavy atom. The third-order valence-corrected chi connectivity index (χ3v) is 3.91. The van der Waals surface area contributed by atoms with E-state index in [4.69, 9.17) is 4.43 Å². The van der Waals surface area contributed by atoms with Crippen molar-refractivity contribution >= 4 is 8.32 Å². The largest absolute Gasteiger partial charge is 0.416 e. The van der Waals surface area contributed by atoms with Gasteiger partial charge in [0.15, 0.2) is 13.9 Å². The summed E-state index contributed by atoms with van der Waals surface area (Å²) in [6.07, 6.45) is -4.38. The van der Waals surface area contributed by atoms with Crippen molar-refractivity contribution in [2.75, 3.05) is 20.6 Å². The summed E-state index contributed by atoms with van der Waals surface area (Å²) in [6, 6.07) is 0. The molecule has 0 saturated heterocycles. The van der Waals surface area contributed by atoms with Gasteiger partial charge in [-0.1, -0.05) is 13.8 Å². The highest BCUT2D eigenvalue weighted by Gasteiger charge is 2.59. The topological polar surface area (TPSA) is 12.5 Å². The Morgan fingerprint density at radius 2 is 1.61 bits per heavy atom. The molecule has 0 rings (SSSR count). The fourth-order valence-electron chi connectivity index (χ4n) is 2.30. The van der Waals surface area contributed by atoms with Gasteiger partial charge in [-0.15, -0.1) is 0 Å². The number of hydrogen-bond donors (Lipinski definition) is 0. The van der Waals surface area contributed by atoms with Crippen molar-refractivity contribution in [3.8, 4) is 0 Å². The van der Waals surface area contributed by atoms with E-state index < -0.39 is 26.0 Å². The van der Waals surface area contributed by atoms with Crippen LogP contribution in [-0.2, 0) is 4.43 Å². The molecule has 0 aliphatic heterocycles. The summed E-state index contributed by atoms with van der Waals surface area (Å²) in [5.74, 6) is -0.593. The lowest BCUT2D eigenvalue weighted by molar-refractivity contribution is -0.271. The molecule has 2 unspecified atom stereocenters. The molecule has 0 aliphatic rings. The van der Waals surface area contributed by atoms with Gasteiger partial charge >= 0.3 is 6.18 Å². The Bertz CT molecular complexity index is 263. The molecule has 0 bridgehead atoms. The monoisotopic (exact) mass is 285 g/mol. The Balaban J connectivity index is 5.37. The number of nitrogens with zero attached hydrogens (tertiary/aromatic N) is 1. The predicted octanol–water partition coefficient (Wildman–Crippen LogP) is 3.75. The summed E-state index contributed by atoms with van der Waals surface area (Å²) in [6.45, 7) is 8.93. The third kappa shape index (κ3) is 4.55. The standard InChI is InChI=1S/C12H26F3NOSi/c1-8-11(12(13,14)15,17-18(5,6)7)10(2)9-16(3)4/h10H,8-9H2,1-7H3. The summed E-state index contributed by atoms with van der Waals surface area (Å²) in [5.41, 5.74) is -2.03. The Hall–Kier alpha value is -0.0731. The van der Waals surface area contributed by atoms with Crippen LogP contribution in [0, 0.1) is 5.92 Å². The lowest BCUT2D eigenvalue weighted by atomic mass is 9.85. The molecule has 0 aromatic heterocycles. The van der Waals surface area contributed by atoms with Gasteiger partial charge in [0, 0.05) is 12.5 Å². The predicted molar refractivity (Wildman–Crippen MR) is 71.2 cm³/mol. The Morgan fingerprint density at radius 3 is 1.83 bits per heavy atom. The average molecular weight is 285 g/mol. The fourth-order valence-corrected chi connectivity index (χ4v) is 3.85. The van der Waals surface area contributed by atoms with Crippen LogP contribution in [0.2, 0.25) is 19.6 Å². The van der Waals surface area contributed by atoms with Crippen LogP contribution in [-0.4, -0.2) is 45.6 Å². The summed E-state index contributed by atoms with van der Waals surface area (Å²) in [7, 11) is 1.28. The third-order valence-electron chi connectivity index (χ3n) is 2.93. The van der Waals surface area contributed by atoms with Gasteiger partial charge in [-0.2, -0.15) is 13.2 Å². The zero-order valence-corrected chi connectivity index (χ0v) is 13.5. The molecule has 0 aromatic rings. The molecule has 110 valence electrons. The minimum atomic E-state index is -4.34. The van der Waals surface area contributed by atoms with E-state index in [1.54, 1.807) is 52.5 Å². The van der Waals surface area contributed by atoms with Crippen molar-refractivity contribution in [2.24, 2.45) is 5.92 Å². The molecule has 0 radical (unpaired) electrons. The quantitative estimate of drug-likeness (QED) is 0.689. The van der Waals surface area contributed by atoms with E-state index in [1.165, 1.54) is 0 Å². The van der Waals surface area contributed by atoms with Crippen LogP contribution in [0.4, 0.5) is 13.2 Å². The van der Waals surface area contributed by atoms with Crippen LogP contribution in [0.5, 0.6) is 0 Å². The van der Waals surface area contributed by atoms with Crippen LogP contribution >= 0.6 is 0 Å². The van der Waals surface area contributed by atoms with E-state index in [2.05, 4.69) is 0 Å². The second-order valence-corrected chi connectivity index (χ2v) is 10.5. The number of halogens is 3. The van der Waals surface area contributed by atoms with Gasteiger partial charge in [0.25, 0.3) is 0 Å². The maximum atomic E-state index is 13.5. The van der Waals surface area contributed by atoms with Gasteiger partial charge in [-0.25, -0.2) is 0 Å². The lowest BCUT2D eigenvalue weighted by Crippen LogP contribution is -2.58. The van der Waals surface area contributed by atoms with Crippen molar-refractivity contribution in [2.45, 2.75) is 51.7 Å². The second kappa shape index (κ2) is 5.92. The molecule has 0 amide bonds. The van der Waals surface area contributed by atoms with Gasteiger partial charge in [-0.05, 0) is 40.2 Å². The van der Waals surface area contributed by atoms with E-state index in [9.17, 15) is 13.2 Å². The van der Waals surface area contributed by atoms with E-state index in [0.717, 1.165) is 0 Å². The molecule has 2 nitrogen and oxygen atoms in total. The van der Waals surface area contributed by atoms with Crippen LogP contribution in [0.15, 0.2) is 0 Å². The molecule has 0 spiro atoms. The van der Waals surface area contributed by atoms with E-state index in [0.29, 0.717) is 6.54 Å². The van der Waals surface area contributed by atoms with E-state index in [1.807, 2.05) is 0 Å². The molecular weight excluding hydrogens is 259 g/mol. The Labute approximate surface area is 110 Å². The normalized spacial score (nSPS) is 18.8. The number of hydrogen-bond acceptors (Lipinski definition) is 2. The van der Waals surface area contributed by atoms with E-state index >= 15 is 0 Å². The first-order valence-electron chi connectivity index (χ1n) is 6.27. The van der Waals surface area contributed by atoms with Crippen molar-refractivity contribution < 1.29 is 17.6 Å². The van der Waals surface area contributed by atoms with Crippen LogP contribution in [0.3, 0.4) is 0 Å². The second-order valence-electron chi connectivity index (χ2n) is 6.12. The first-order chi connectivity index (χ1) is 7.85. The van der Waals surface area contributed by atoms with Crippen LogP contribution in [0.25, 0.3) is 0 Å². The molecule has 0 fully saturated rings. The molecule has 0 aromatic carbocycles. The molecule has 0 heterocycles. The summed E-state index contributed by atoms with van der Waals surface area (Å²) in [5, 5.41) is 0. The Kier molecular flexibility index (Phi) is 5.90. The summed E-state index contributed by atoms with van der Waals surface area (Å²) in [4.78, 5) is 1.77. The maximum Gasteiger partial charge on any atom is 0.416 e. The smallest absolute Gasteiger partial charge is 0.403 e. The number of alkyl halides is 3. The first kappa shape index (κ1) is 17.9. The summed E-state index contributed by atoms with van der Waals surface area (Å²) >= 11 is 0. The zero-order chi connectivity index (χ0) is 14.8. The minimum absolute atomic E-state index is 0.0459. The minimum Gasteiger partial charge on any atom is -0.403 e. The molecule has 0 saturated carbocycles. The van der Waals surface area contributed by atoms with Gasteiger partial charge in [-0.3, -0.25) is 0 Å². The van der Waals surface area contributed by atoms with Crippen LogP contribution in [0.1, 0.15) is 20.3 Å². The van der Waals surface area contributed by atoms with Gasteiger partial charge in [0.05, 0.1) is 0 Å². The van der Waals surface area contributed by atoms with Crippen LogP contribution < -0.4 is 0 Å². The highest BCUT2D eigenvalue weighted by Crippen LogP contribution is 2.44. The van der Waals surface area contributed by atoms with Gasteiger partial charge in [0.2, 0.25) is 0 Å². The van der Waals surface area contributed by atoms with Crippen molar-refractivity contribution in [3.05, 3.63) is 0 Å². The fraction of sp³-hybridized carbons (Fsp3) is 1.00. The zero-order valence-electron chi connectivity index (χ0n) is 12.5. The number of rotatable bonds is 6. The van der Waals surface area contributed by atoms with E-state index in [-0.39, 0.29) is 6.42 Å². The highest BCUT2D eigenvalue weighted by molar-refractivity contribution is 6.69. The average Bonchev–Trinajstić information content (AvgIpc) is 2.09. The van der Waals surface area contributed by atoms with Crippen molar-refractivity contribution in [1.29, 1.82) is 0 Å². The van der Waals surface area contributed by atoms with Gasteiger partial charge in [0.1, 0.15) is 0 Å². The molecule has 0 aliphatic carbocycles. The highest BCUT2D eigenvalue weighted by atomic mass is 28.4. The molecule has 6 heteroatoms. The van der Waals surface area contributed by atoms with Crippen molar-refractivity contribution in [3.63, 3.8) is 0 Å². The lowest BCUT2D eigenvalue weighted by Gasteiger charge is -2.44. The SMILES string of the molecule is CCC(O[Si](C)(C)C)(C(C)CN(C)C)C(F)(F)F. The molecular formula is C12H26F3NOSi. The maximum absolute atomic E-state index is 13.5. The molecule has 0 N–H and O–H groups in total.